The second-order valence-corrected chi connectivity index (χ2v) is 5.41. The Morgan fingerprint density at radius 2 is 1.81 bits per heavy atom. The van der Waals surface area contributed by atoms with Crippen molar-refractivity contribution >= 4 is 11.5 Å². The monoisotopic (exact) mass is 370 g/mol. The predicted octanol–water partition coefficient (Wildman–Crippen LogP) is 4.59. The van der Waals surface area contributed by atoms with Gasteiger partial charge in [-0.1, -0.05) is 6.07 Å². The van der Waals surface area contributed by atoms with Gasteiger partial charge in [-0.2, -0.15) is 13.2 Å². The number of fused-ring (bicyclic) bond motifs is 1. The summed E-state index contributed by atoms with van der Waals surface area (Å²) < 4.78 is 76.6. The van der Waals surface area contributed by atoms with E-state index in [1.54, 1.807) is 0 Å². The maximum Gasteiger partial charge on any atom is 0.419 e. The van der Waals surface area contributed by atoms with Gasteiger partial charge >= 0.3 is 12.1 Å². The van der Waals surface area contributed by atoms with Crippen LogP contribution >= 0.6 is 0 Å². The number of esters is 1. The second kappa shape index (κ2) is 6.44. The number of ether oxygens (including phenoxy) is 2. The molecular formula is C18H11F5O3. The first-order valence-corrected chi connectivity index (χ1v) is 7.35. The number of rotatable bonds is 2. The van der Waals surface area contributed by atoms with Crippen LogP contribution in [0.5, 0.6) is 5.75 Å². The minimum atomic E-state index is -4.98. The molecule has 0 atom stereocenters. The highest BCUT2D eigenvalue weighted by Gasteiger charge is 2.38. The molecule has 0 saturated carbocycles. The van der Waals surface area contributed by atoms with E-state index >= 15 is 0 Å². The Morgan fingerprint density at radius 3 is 2.46 bits per heavy atom. The molecule has 3 rings (SSSR count). The van der Waals surface area contributed by atoms with Crippen LogP contribution in [-0.2, 0) is 10.9 Å². The third kappa shape index (κ3) is 3.02. The molecule has 0 aromatic heterocycles. The molecule has 1 heterocycles. The number of carbonyl (C=O) groups excluding carboxylic acids is 1. The molecule has 136 valence electrons. The average Bonchev–Trinajstić information content (AvgIpc) is 2.58. The summed E-state index contributed by atoms with van der Waals surface area (Å²) in [4.78, 5) is 12.0. The number of hydrogen-bond acceptors (Lipinski definition) is 3. The van der Waals surface area contributed by atoms with Gasteiger partial charge in [0.15, 0.2) is 5.82 Å². The lowest BCUT2D eigenvalue weighted by molar-refractivity contribution is -0.140. The minimum Gasteiger partial charge on any atom is -0.489 e. The van der Waals surface area contributed by atoms with Gasteiger partial charge in [-0.3, -0.25) is 0 Å². The first kappa shape index (κ1) is 17.9. The van der Waals surface area contributed by atoms with Crippen molar-refractivity contribution in [2.24, 2.45) is 0 Å². The number of alkyl halides is 3. The summed E-state index contributed by atoms with van der Waals surface area (Å²) in [6.07, 6.45) is -3.51. The molecule has 8 heteroatoms. The van der Waals surface area contributed by atoms with Crippen LogP contribution in [0.25, 0.3) is 5.57 Å². The van der Waals surface area contributed by atoms with Crippen molar-refractivity contribution < 1.29 is 36.2 Å². The molecule has 0 aliphatic carbocycles. The lowest BCUT2D eigenvalue weighted by atomic mass is 9.90. The van der Waals surface area contributed by atoms with E-state index in [1.807, 2.05) is 0 Å². The van der Waals surface area contributed by atoms with Crippen LogP contribution in [0.15, 0.2) is 36.4 Å². The molecule has 1 aliphatic rings. The fourth-order valence-corrected chi connectivity index (χ4v) is 2.74. The summed E-state index contributed by atoms with van der Waals surface area (Å²) in [5.74, 6) is -3.41. The Kier molecular flexibility index (Phi) is 4.43. The lowest BCUT2D eigenvalue weighted by Gasteiger charge is -2.21. The van der Waals surface area contributed by atoms with Crippen molar-refractivity contribution in [1.29, 1.82) is 0 Å². The number of hydrogen-bond donors (Lipinski definition) is 0. The molecular weight excluding hydrogens is 359 g/mol. The van der Waals surface area contributed by atoms with E-state index < -0.39 is 34.9 Å². The summed E-state index contributed by atoms with van der Waals surface area (Å²) >= 11 is 0. The highest BCUT2D eigenvalue weighted by Crippen LogP contribution is 2.40. The molecule has 0 spiro atoms. The van der Waals surface area contributed by atoms with E-state index in [9.17, 15) is 26.7 Å². The van der Waals surface area contributed by atoms with Crippen LogP contribution in [0, 0.1) is 11.6 Å². The first-order valence-electron chi connectivity index (χ1n) is 7.35. The molecule has 2 aromatic carbocycles. The summed E-state index contributed by atoms with van der Waals surface area (Å²) in [6, 6.07) is 5.10. The van der Waals surface area contributed by atoms with Crippen LogP contribution in [0.2, 0.25) is 0 Å². The molecule has 0 radical (unpaired) electrons. The quantitative estimate of drug-likeness (QED) is 0.573. The number of methoxy groups -OCH3 is 1. The molecule has 1 aliphatic heterocycles. The van der Waals surface area contributed by atoms with Gasteiger partial charge < -0.3 is 9.47 Å². The van der Waals surface area contributed by atoms with Crippen molar-refractivity contribution in [3.63, 3.8) is 0 Å². The Morgan fingerprint density at radius 1 is 1.12 bits per heavy atom. The predicted molar refractivity (Wildman–Crippen MR) is 81.7 cm³/mol. The fraction of sp³-hybridized carbons (Fsp3) is 0.167. The Bertz CT molecular complexity index is 916. The topological polar surface area (TPSA) is 35.5 Å². The van der Waals surface area contributed by atoms with Gasteiger partial charge in [0.05, 0.1) is 12.7 Å². The molecule has 0 unspecified atom stereocenters. The van der Waals surface area contributed by atoms with Crippen LogP contribution in [-0.4, -0.2) is 19.7 Å². The Labute approximate surface area is 144 Å². The van der Waals surface area contributed by atoms with Crippen molar-refractivity contribution in [2.45, 2.75) is 6.18 Å². The largest absolute Gasteiger partial charge is 0.489 e. The highest BCUT2D eigenvalue weighted by atomic mass is 19.4. The first-order chi connectivity index (χ1) is 12.2. The summed E-state index contributed by atoms with van der Waals surface area (Å²) in [6.45, 7) is -0.0188. The molecule has 0 fully saturated rings. The van der Waals surface area contributed by atoms with Gasteiger partial charge in [-0.25, -0.2) is 13.6 Å². The smallest absolute Gasteiger partial charge is 0.419 e. The molecule has 0 N–H and O–H groups in total. The van der Waals surface area contributed by atoms with E-state index in [0.717, 1.165) is 25.3 Å². The van der Waals surface area contributed by atoms with E-state index in [2.05, 4.69) is 4.74 Å². The van der Waals surface area contributed by atoms with Gasteiger partial charge in [0.2, 0.25) is 0 Å². The molecule has 3 nitrogen and oxygen atoms in total. The maximum absolute atomic E-state index is 14.5. The fourth-order valence-electron chi connectivity index (χ4n) is 2.74. The van der Waals surface area contributed by atoms with Crippen molar-refractivity contribution in [2.75, 3.05) is 13.7 Å². The molecule has 2 aromatic rings. The van der Waals surface area contributed by atoms with Crippen molar-refractivity contribution in [1.82, 2.24) is 0 Å². The number of benzene rings is 2. The normalized spacial score (nSPS) is 13.5. The highest BCUT2D eigenvalue weighted by molar-refractivity contribution is 5.99. The van der Waals surface area contributed by atoms with Gasteiger partial charge in [0, 0.05) is 11.6 Å². The summed E-state index contributed by atoms with van der Waals surface area (Å²) in [5, 5.41) is 0. The van der Waals surface area contributed by atoms with Gasteiger partial charge in [-0.15, -0.1) is 0 Å². The van der Waals surface area contributed by atoms with Crippen LogP contribution in [0.3, 0.4) is 0 Å². The van der Waals surface area contributed by atoms with Gasteiger partial charge in [0.25, 0.3) is 0 Å². The third-order valence-corrected chi connectivity index (χ3v) is 3.89. The SMILES string of the molecule is COC(=O)c1c(C2=CCOc3cc(F)ccc32)ccc(C(F)(F)F)c1F. The molecule has 26 heavy (non-hydrogen) atoms. The third-order valence-electron chi connectivity index (χ3n) is 3.89. The van der Waals surface area contributed by atoms with Crippen molar-refractivity contribution in [3.05, 3.63) is 70.3 Å². The molecule has 0 saturated heterocycles. The van der Waals surface area contributed by atoms with E-state index in [4.69, 9.17) is 4.74 Å². The van der Waals surface area contributed by atoms with Gasteiger partial charge in [-0.05, 0) is 35.4 Å². The number of halogens is 5. The zero-order valence-electron chi connectivity index (χ0n) is 13.3. The van der Waals surface area contributed by atoms with Crippen LogP contribution < -0.4 is 4.74 Å². The lowest BCUT2D eigenvalue weighted by Crippen LogP contribution is -2.17. The van der Waals surface area contributed by atoms with E-state index in [-0.39, 0.29) is 23.5 Å². The van der Waals surface area contributed by atoms with Crippen molar-refractivity contribution in [3.8, 4) is 5.75 Å². The van der Waals surface area contributed by atoms with E-state index in [0.29, 0.717) is 11.6 Å². The van der Waals surface area contributed by atoms with Gasteiger partial charge in [0.1, 0.15) is 23.7 Å². The van der Waals surface area contributed by atoms with Crippen LogP contribution in [0.1, 0.15) is 27.0 Å². The molecule has 0 bridgehead atoms. The number of carbonyl (C=O) groups is 1. The van der Waals surface area contributed by atoms with E-state index in [1.165, 1.54) is 12.1 Å². The standard InChI is InChI=1S/C18H11F5O3/c1-25-17(24)15-12(4-5-13(16(15)20)18(21,22)23)10-6-7-26-14-8-9(19)2-3-11(10)14/h2-6,8H,7H2,1H3. The maximum atomic E-state index is 14.5. The Hall–Kier alpha value is -2.90. The average molecular weight is 370 g/mol. The zero-order chi connectivity index (χ0) is 19.1. The summed E-state index contributed by atoms with van der Waals surface area (Å²) in [5.41, 5.74) is -1.95. The second-order valence-electron chi connectivity index (χ2n) is 5.41. The summed E-state index contributed by atoms with van der Waals surface area (Å²) in [7, 11) is 0.938. The minimum absolute atomic E-state index is 0.0188. The van der Waals surface area contributed by atoms with Crippen LogP contribution in [0.4, 0.5) is 22.0 Å². The molecule has 0 amide bonds. The Balaban J connectivity index is 2.25. The zero-order valence-corrected chi connectivity index (χ0v) is 13.3.